The lowest BCUT2D eigenvalue weighted by atomic mass is 9.98. The molecule has 1 N–H and O–H groups in total. The fraction of sp³-hybridized carbons (Fsp3) is 0.667. The van der Waals surface area contributed by atoms with E-state index in [0.29, 0.717) is 6.04 Å². The normalized spacial score (nSPS) is 25.0. The van der Waals surface area contributed by atoms with Crippen molar-refractivity contribution in [3.8, 4) is 0 Å². The molecule has 0 radical (unpaired) electrons. The van der Waals surface area contributed by atoms with E-state index in [1.807, 2.05) is 0 Å². The Morgan fingerprint density at radius 2 is 2.10 bits per heavy atom. The van der Waals surface area contributed by atoms with E-state index in [-0.39, 0.29) is 0 Å². The van der Waals surface area contributed by atoms with Crippen LogP contribution in [0, 0.1) is 13.8 Å². The Labute approximate surface area is 129 Å². The molecule has 2 fully saturated rings. The molecule has 21 heavy (non-hydrogen) atoms. The summed E-state index contributed by atoms with van der Waals surface area (Å²) in [5.41, 5.74) is 4.22. The Hall–Kier alpha value is -0.900. The van der Waals surface area contributed by atoms with Crippen LogP contribution in [-0.2, 0) is 0 Å². The molecule has 0 aliphatic carbocycles. The average molecular weight is 287 g/mol. The van der Waals surface area contributed by atoms with Crippen LogP contribution in [0.25, 0.3) is 0 Å². The molecule has 1 aromatic carbocycles. The summed E-state index contributed by atoms with van der Waals surface area (Å²) in [6, 6.07) is 8.10. The van der Waals surface area contributed by atoms with Crippen LogP contribution >= 0.6 is 0 Å². The maximum Gasteiger partial charge on any atom is 0.0449 e. The molecule has 2 aliphatic heterocycles. The molecule has 116 valence electrons. The van der Waals surface area contributed by atoms with Gasteiger partial charge in [0.2, 0.25) is 0 Å². The Kier molecular flexibility index (Phi) is 4.63. The number of nitrogens with one attached hydrogen (secondary N) is 1. The number of hydrogen-bond acceptors (Lipinski definition) is 3. The van der Waals surface area contributed by atoms with Crippen LogP contribution < -0.4 is 5.32 Å². The molecular formula is C18H29N3. The van der Waals surface area contributed by atoms with Gasteiger partial charge in [-0.3, -0.25) is 9.80 Å². The highest BCUT2D eigenvalue weighted by Crippen LogP contribution is 2.24. The van der Waals surface area contributed by atoms with E-state index in [1.165, 1.54) is 55.7 Å². The second-order valence-corrected chi connectivity index (χ2v) is 6.79. The highest BCUT2D eigenvalue weighted by atomic mass is 15.3. The monoisotopic (exact) mass is 287 g/mol. The molecule has 2 aliphatic rings. The van der Waals surface area contributed by atoms with Crippen molar-refractivity contribution in [3.05, 3.63) is 34.9 Å². The van der Waals surface area contributed by atoms with Gasteiger partial charge in [-0.15, -0.1) is 0 Å². The van der Waals surface area contributed by atoms with Gasteiger partial charge >= 0.3 is 0 Å². The maximum atomic E-state index is 3.53. The van der Waals surface area contributed by atoms with Crippen molar-refractivity contribution >= 4 is 0 Å². The zero-order valence-corrected chi connectivity index (χ0v) is 13.7. The molecule has 0 amide bonds. The molecule has 2 heterocycles. The smallest absolute Gasteiger partial charge is 0.0449 e. The number of piperazine rings is 1. The molecule has 0 bridgehead atoms. The summed E-state index contributed by atoms with van der Waals surface area (Å²) < 4.78 is 0. The van der Waals surface area contributed by atoms with Gasteiger partial charge in [0.05, 0.1) is 0 Å². The highest BCUT2D eigenvalue weighted by molar-refractivity contribution is 5.33. The first-order chi connectivity index (χ1) is 10.2. The van der Waals surface area contributed by atoms with Gasteiger partial charge in [-0.25, -0.2) is 0 Å². The first-order valence-electron chi connectivity index (χ1n) is 8.38. The minimum Gasteiger partial charge on any atom is -0.312 e. The Morgan fingerprint density at radius 3 is 2.86 bits per heavy atom. The van der Waals surface area contributed by atoms with Gasteiger partial charge in [-0.2, -0.15) is 0 Å². The third-order valence-corrected chi connectivity index (χ3v) is 5.26. The van der Waals surface area contributed by atoms with Crippen molar-refractivity contribution in [2.75, 3.05) is 39.8 Å². The number of rotatable bonds is 4. The first kappa shape index (κ1) is 15.0. The molecule has 3 nitrogen and oxygen atoms in total. The fourth-order valence-electron chi connectivity index (χ4n) is 4.04. The predicted molar refractivity (Wildman–Crippen MR) is 88.8 cm³/mol. The van der Waals surface area contributed by atoms with Crippen molar-refractivity contribution in [1.29, 1.82) is 0 Å². The molecule has 1 aromatic rings. The van der Waals surface area contributed by atoms with Gasteiger partial charge in [-0.05, 0) is 51.4 Å². The number of likely N-dealkylation sites (N-methyl/N-ethyl adjacent to an activating group) is 1. The summed E-state index contributed by atoms with van der Waals surface area (Å²) in [6.45, 7) is 10.6. The molecule has 2 atom stereocenters. The van der Waals surface area contributed by atoms with Crippen LogP contribution in [0.2, 0.25) is 0 Å². The molecule has 3 heteroatoms. The lowest BCUT2D eigenvalue weighted by Crippen LogP contribution is -2.51. The molecule has 0 spiro atoms. The number of hydrogen-bond donors (Lipinski definition) is 1. The van der Waals surface area contributed by atoms with E-state index in [1.54, 1.807) is 0 Å². The van der Waals surface area contributed by atoms with Crippen molar-refractivity contribution in [1.82, 2.24) is 15.1 Å². The van der Waals surface area contributed by atoms with Crippen LogP contribution in [-0.4, -0.2) is 55.6 Å². The molecule has 2 saturated heterocycles. The topological polar surface area (TPSA) is 18.5 Å². The van der Waals surface area contributed by atoms with Crippen LogP contribution in [0.1, 0.15) is 35.6 Å². The van der Waals surface area contributed by atoms with E-state index in [0.717, 1.165) is 12.6 Å². The number of aryl methyl sites for hydroxylation is 2. The lowest BCUT2D eigenvalue weighted by molar-refractivity contribution is 0.0970. The standard InChI is InChI=1S/C18H29N3/c1-14-6-7-17(15(2)11-14)18(19-3)13-20-9-10-21-8-4-5-16(21)12-20/h6-7,11,16,18-19H,4-5,8-10,12-13H2,1-3H3. The van der Waals surface area contributed by atoms with Crippen LogP contribution in [0.4, 0.5) is 0 Å². The minimum atomic E-state index is 0.443. The minimum absolute atomic E-state index is 0.443. The molecule has 2 unspecified atom stereocenters. The van der Waals surface area contributed by atoms with Gasteiger partial charge in [0.25, 0.3) is 0 Å². The van der Waals surface area contributed by atoms with E-state index < -0.39 is 0 Å². The van der Waals surface area contributed by atoms with E-state index in [2.05, 4.69) is 54.2 Å². The number of fused-ring (bicyclic) bond motifs is 1. The molecule has 0 saturated carbocycles. The summed E-state index contributed by atoms with van der Waals surface area (Å²) in [6.07, 6.45) is 2.79. The maximum absolute atomic E-state index is 3.53. The zero-order valence-electron chi connectivity index (χ0n) is 13.7. The molecule has 0 aromatic heterocycles. The van der Waals surface area contributed by atoms with E-state index in [9.17, 15) is 0 Å². The summed E-state index contributed by atoms with van der Waals surface area (Å²) in [7, 11) is 2.09. The number of nitrogens with zero attached hydrogens (tertiary/aromatic N) is 2. The largest absolute Gasteiger partial charge is 0.312 e. The third kappa shape index (κ3) is 3.31. The summed E-state index contributed by atoms with van der Waals surface area (Å²) in [5, 5.41) is 3.53. The molecule has 3 rings (SSSR count). The van der Waals surface area contributed by atoms with Crippen molar-refractivity contribution < 1.29 is 0 Å². The summed E-state index contributed by atoms with van der Waals surface area (Å²) in [4.78, 5) is 5.34. The highest BCUT2D eigenvalue weighted by Gasteiger charge is 2.31. The van der Waals surface area contributed by atoms with Gasteiger partial charge in [-0.1, -0.05) is 23.8 Å². The van der Waals surface area contributed by atoms with Crippen LogP contribution in [0.15, 0.2) is 18.2 Å². The van der Waals surface area contributed by atoms with Crippen LogP contribution in [0.3, 0.4) is 0 Å². The van der Waals surface area contributed by atoms with Crippen molar-refractivity contribution in [2.45, 2.75) is 38.8 Å². The number of benzene rings is 1. The Bertz CT molecular complexity index is 485. The second kappa shape index (κ2) is 6.47. The average Bonchev–Trinajstić information content (AvgIpc) is 2.93. The van der Waals surface area contributed by atoms with Gasteiger partial charge in [0.1, 0.15) is 0 Å². The van der Waals surface area contributed by atoms with E-state index >= 15 is 0 Å². The van der Waals surface area contributed by atoms with Gasteiger partial charge in [0.15, 0.2) is 0 Å². The summed E-state index contributed by atoms with van der Waals surface area (Å²) >= 11 is 0. The molecular weight excluding hydrogens is 258 g/mol. The third-order valence-electron chi connectivity index (χ3n) is 5.26. The second-order valence-electron chi connectivity index (χ2n) is 6.79. The van der Waals surface area contributed by atoms with Gasteiger partial charge < -0.3 is 5.32 Å². The first-order valence-corrected chi connectivity index (χ1v) is 8.38. The fourth-order valence-corrected chi connectivity index (χ4v) is 4.04. The summed E-state index contributed by atoms with van der Waals surface area (Å²) in [5.74, 6) is 0. The van der Waals surface area contributed by atoms with Crippen molar-refractivity contribution in [2.24, 2.45) is 0 Å². The Morgan fingerprint density at radius 1 is 1.24 bits per heavy atom. The lowest BCUT2D eigenvalue weighted by Gasteiger charge is -2.39. The quantitative estimate of drug-likeness (QED) is 0.917. The van der Waals surface area contributed by atoms with E-state index in [4.69, 9.17) is 0 Å². The SMILES string of the molecule is CNC(CN1CCN2CCCC2C1)c1ccc(C)cc1C. The van der Waals surface area contributed by atoms with Gasteiger partial charge in [0, 0.05) is 38.3 Å². The Balaban J connectivity index is 1.67. The van der Waals surface area contributed by atoms with Crippen molar-refractivity contribution in [3.63, 3.8) is 0 Å². The zero-order chi connectivity index (χ0) is 14.8. The predicted octanol–water partition coefficient (Wildman–Crippen LogP) is 2.34. The van der Waals surface area contributed by atoms with Crippen LogP contribution in [0.5, 0.6) is 0 Å².